The molecule has 25 heavy (non-hydrogen) atoms. The quantitative estimate of drug-likeness (QED) is 0.425. The molecule has 0 atom stereocenters. The van der Waals surface area contributed by atoms with E-state index in [9.17, 15) is 24.6 Å². The van der Waals surface area contributed by atoms with Crippen LogP contribution in [0.5, 0.6) is 0 Å². The van der Waals surface area contributed by atoms with Crippen molar-refractivity contribution in [2.45, 2.75) is 19.8 Å². The van der Waals surface area contributed by atoms with Crippen LogP contribution in [-0.4, -0.2) is 11.9 Å². The molecule has 0 N–H and O–H groups in total. The molecule has 0 radical (unpaired) electrons. The monoisotopic (exact) mass is 360 g/mol. The molecule has 118 valence electrons. The zero-order valence-electron chi connectivity index (χ0n) is 14.0. The van der Waals surface area contributed by atoms with Gasteiger partial charge in [0.25, 0.3) is 0 Å². The standard InChI is InChI=1S/C16H12O7.2Na/c1-2-3-8-13-7(5-11(22-13)15(18)19)4-9-10(17)6-12(16(20)21)23-14(8)9;;/h4-6H,2-3H2,1H3,(H,18,19)(H,20,21);;/q;2*+1/p-2. The van der Waals surface area contributed by atoms with Crippen LogP contribution < -0.4 is 74.8 Å². The van der Waals surface area contributed by atoms with Gasteiger partial charge in [-0.15, -0.1) is 0 Å². The van der Waals surface area contributed by atoms with Crippen molar-refractivity contribution in [3.05, 3.63) is 45.5 Å². The van der Waals surface area contributed by atoms with Crippen LogP contribution in [-0.2, 0) is 6.42 Å². The molecule has 2 heterocycles. The maximum Gasteiger partial charge on any atom is 1.00 e. The number of carboxylic acids is 2. The fourth-order valence-electron chi connectivity index (χ4n) is 2.55. The molecule has 0 aliphatic carbocycles. The van der Waals surface area contributed by atoms with Crippen molar-refractivity contribution in [2.24, 2.45) is 0 Å². The van der Waals surface area contributed by atoms with Gasteiger partial charge in [0, 0.05) is 17.0 Å². The number of carbonyl (C=O) groups excluding carboxylic acids is 2. The minimum absolute atomic E-state index is 0. The SMILES string of the molecule is CCCc1c2oc(C(=O)[O-])cc2cc2c(=O)cc(C(=O)[O-])oc12.[Na+].[Na+]. The number of aryl methyl sites for hydroxylation is 1. The Hall–Kier alpha value is -1.09. The van der Waals surface area contributed by atoms with E-state index in [0.29, 0.717) is 23.8 Å². The number of aromatic carboxylic acids is 2. The Morgan fingerprint density at radius 3 is 2.08 bits per heavy atom. The smallest absolute Gasteiger partial charge is 0.542 e. The molecule has 0 aliphatic rings. The van der Waals surface area contributed by atoms with E-state index in [1.165, 1.54) is 12.1 Å². The average Bonchev–Trinajstić information content (AvgIpc) is 2.92. The van der Waals surface area contributed by atoms with E-state index in [0.717, 1.165) is 6.07 Å². The Bertz CT molecular complexity index is 1020. The van der Waals surface area contributed by atoms with Crippen molar-refractivity contribution in [1.82, 2.24) is 0 Å². The number of hydrogen-bond acceptors (Lipinski definition) is 7. The fourth-order valence-corrected chi connectivity index (χ4v) is 2.55. The van der Waals surface area contributed by atoms with Crippen LogP contribution in [0.2, 0.25) is 0 Å². The van der Waals surface area contributed by atoms with E-state index in [4.69, 9.17) is 8.83 Å². The third-order valence-electron chi connectivity index (χ3n) is 3.50. The number of furan rings is 1. The van der Waals surface area contributed by atoms with E-state index in [1.54, 1.807) is 0 Å². The molecule has 1 aromatic carbocycles. The van der Waals surface area contributed by atoms with Crippen molar-refractivity contribution in [2.75, 3.05) is 0 Å². The van der Waals surface area contributed by atoms with Crippen molar-refractivity contribution in [3.8, 4) is 0 Å². The first-order chi connectivity index (χ1) is 10.9. The molecule has 3 aromatic rings. The summed E-state index contributed by atoms with van der Waals surface area (Å²) >= 11 is 0. The predicted molar refractivity (Wildman–Crippen MR) is 74.9 cm³/mol. The molecular weight excluding hydrogens is 350 g/mol. The summed E-state index contributed by atoms with van der Waals surface area (Å²) in [4.78, 5) is 34.1. The van der Waals surface area contributed by atoms with Gasteiger partial charge in [0.15, 0.2) is 16.9 Å². The number of benzene rings is 1. The fraction of sp³-hybridized carbons (Fsp3) is 0.188. The first kappa shape index (κ1) is 22.0. The summed E-state index contributed by atoms with van der Waals surface area (Å²) in [6.07, 6.45) is 1.06. The van der Waals surface area contributed by atoms with E-state index in [-0.39, 0.29) is 81.4 Å². The Labute approximate surface area is 185 Å². The van der Waals surface area contributed by atoms with Crippen LogP contribution in [0.25, 0.3) is 21.9 Å². The third-order valence-corrected chi connectivity index (χ3v) is 3.50. The molecule has 3 rings (SSSR count). The van der Waals surface area contributed by atoms with Gasteiger partial charge in [0.1, 0.15) is 23.1 Å². The molecule has 0 saturated heterocycles. The Morgan fingerprint density at radius 1 is 0.960 bits per heavy atom. The average molecular weight is 360 g/mol. The zero-order chi connectivity index (χ0) is 16.7. The van der Waals surface area contributed by atoms with Crippen molar-refractivity contribution < 1.29 is 87.8 Å². The summed E-state index contributed by atoms with van der Waals surface area (Å²) in [6, 6.07) is 3.50. The molecule has 2 aromatic heterocycles. The van der Waals surface area contributed by atoms with E-state index >= 15 is 0 Å². The summed E-state index contributed by atoms with van der Waals surface area (Å²) in [5.41, 5.74) is 0.177. The maximum atomic E-state index is 12.1. The molecular formula is C16H10Na2O7. The second-order valence-corrected chi connectivity index (χ2v) is 5.06. The van der Waals surface area contributed by atoms with Crippen LogP contribution in [0.1, 0.15) is 40.0 Å². The van der Waals surface area contributed by atoms with Crippen molar-refractivity contribution >= 4 is 33.9 Å². The predicted octanol–water partition coefficient (Wildman–Crippen LogP) is -5.77. The van der Waals surface area contributed by atoms with E-state index in [2.05, 4.69) is 0 Å². The van der Waals surface area contributed by atoms with Crippen LogP contribution in [0.4, 0.5) is 0 Å². The topological polar surface area (TPSA) is 124 Å². The molecule has 0 unspecified atom stereocenters. The first-order valence-corrected chi connectivity index (χ1v) is 6.88. The molecule has 0 aliphatic heterocycles. The number of fused-ring (bicyclic) bond motifs is 2. The van der Waals surface area contributed by atoms with Gasteiger partial charge in [-0.2, -0.15) is 0 Å². The number of carbonyl (C=O) groups is 2. The zero-order valence-corrected chi connectivity index (χ0v) is 18.0. The summed E-state index contributed by atoms with van der Waals surface area (Å²) < 4.78 is 10.6. The van der Waals surface area contributed by atoms with Crippen LogP contribution in [0.15, 0.2) is 31.8 Å². The largest absolute Gasteiger partial charge is 1.00 e. The summed E-state index contributed by atoms with van der Waals surface area (Å²) in [5, 5.41) is 22.5. The summed E-state index contributed by atoms with van der Waals surface area (Å²) in [6.45, 7) is 1.87. The van der Waals surface area contributed by atoms with Crippen LogP contribution >= 0.6 is 0 Å². The Morgan fingerprint density at radius 2 is 1.52 bits per heavy atom. The van der Waals surface area contributed by atoms with E-state index in [1.807, 2.05) is 6.92 Å². The van der Waals surface area contributed by atoms with Gasteiger partial charge in [-0.1, -0.05) is 13.3 Å². The number of hydrogen-bond donors (Lipinski definition) is 0. The minimum Gasteiger partial charge on any atom is -0.542 e. The molecule has 7 nitrogen and oxygen atoms in total. The van der Waals surface area contributed by atoms with Gasteiger partial charge in [-0.05, 0) is 18.6 Å². The van der Waals surface area contributed by atoms with Crippen molar-refractivity contribution in [1.29, 1.82) is 0 Å². The minimum atomic E-state index is -1.61. The van der Waals surface area contributed by atoms with Gasteiger partial charge < -0.3 is 28.6 Å². The summed E-state index contributed by atoms with van der Waals surface area (Å²) in [7, 11) is 0. The second kappa shape index (κ2) is 8.53. The number of carboxylic acid groups (broad SMARTS) is 2. The van der Waals surface area contributed by atoms with Gasteiger partial charge in [0.2, 0.25) is 0 Å². The van der Waals surface area contributed by atoms with Gasteiger partial charge in [0.05, 0.1) is 5.39 Å². The second-order valence-electron chi connectivity index (χ2n) is 5.06. The normalized spacial score (nSPS) is 10.3. The van der Waals surface area contributed by atoms with Crippen LogP contribution in [0, 0.1) is 0 Å². The first-order valence-electron chi connectivity index (χ1n) is 6.88. The maximum absolute atomic E-state index is 12.1. The van der Waals surface area contributed by atoms with Gasteiger partial charge in [-0.25, -0.2) is 0 Å². The molecule has 0 bridgehead atoms. The van der Waals surface area contributed by atoms with Crippen LogP contribution in [0.3, 0.4) is 0 Å². The molecule has 0 spiro atoms. The molecule has 9 heteroatoms. The molecule has 0 amide bonds. The molecule has 0 fully saturated rings. The Balaban J connectivity index is 0.00000156. The Kier molecular flexibility index (Phi) is 7.49. The van der Waals surface area contributed by atoms with Gasteiger partial charge >= 0.3 is 59.1 Å². The number of rotatable bonds is 4. The van der Waals surface area contributed by atoms with E-state index < -0.39 is 23.1 Å². The van der Waals surface area contributed by atoms with Gasteiger partial charge in [-0.3, -0.25) is 4.79 Å². The summed E-state index contributed by atoms with van der Waals surface area (Å²) in [5.74, 6) is -4.06. The third kappa shape index (κ3) is 4.02. The van der Waals surface area contributed by atoms with Crippen molar-refractivity contribution in [3.63, 3.8) is 0 Å². The molecule has 0 saturated carbocycles.